The third-order valence-corrected chi connectivity index (χ3v) is 5.54. The zero-order valence-electron chi connectivity index (χ0n) is 10.6. The van der Waals surface area contributed by atoms with Crippen LogP contribution in [-0.4, -0.2) is 38.7 Å². The SMILES string of the molecule is O=C(O)CCC(NP(=O)(O)C1CCCCC1)C(=O)O. The lowest BCUT2D eigenvalue weighted by atomic mass is 10.0. The van der Waals surface area contributed by atoms with Crippen LogP contribution in [0.15, 0.2) is 0 Å². The lowest BCUT2D eigenvalue weighted by Crippen LogP contribution is -2.37. The predicted molar refractivity (Wildman–Crippen MR) is 68.1 cm³/mol. The van der Waals surface area contributed by atoms with Gasteiger partial charge in [0.25, 0.3) is 7.52 Å². The summed E-state index contributed by atoms with van der Waals surface area (Å²) in [6, 6.07) is -1.30. The smallest absolute Gasteiger partial charge is 0.321 e. The summed E-state index contributed by atoms with van der Waals surface area (Å²) in [5.41, 5.74) is -0.423. The largest absolute Gasteiger partial charge is 0.481 e. The van der Waals surface area contributed by atoms with Gasteiger partial charge < -0.3 is 15.1 Å². The Kier molecular flexibility index (Phi) is 5.97. The number of hydrogen-bond acceptors (Lipinski definition) is 3. The monoisotopic (exact) mass is 293 g/mol. The fourth-order valence-corrected chi connectivity index (χ4v) is 4.23. The molecule has 0 aromatic heterocycles. The maximum absolute atomic E-state index is 12.2. The Balaban J connectivity index is 2.62. The van der Waals surface area contributed by atoms with Crippen LogP contribution in [0.3, 0.4) is 0 Å². The summed E-state index contributed by atoms with van der Waals surface area (Å²) >= 11 is 0. The molecule has 0 radical (unpaired) electrons. The Morgan fingerprint density at radius 3 is 2.26 bits per heavy atom. The first-order chi connectivity index (χ1) is 8.83. The molecule has 110 valence electrons. The summed E-state index contributed by atoms with van der Waals surface area (Å²) in [6.45, 7) is 0. The molecule has 4 N–H and O–H groups in total. The van der Waals surface area contributed by atoms with E-state index in [9.17, 15) is 19.0 Å². The highest BCUT2D eigenvalue weighted by molar-refractivity contribution is 7.56. The van der Waals surface area contributed by atoms with E-state index >= 15 is 0 Å². The molecule has 7 nitrogen and oxygen atoms in total. The van der Waals surface area contributed by atoms with Crippen LogP contribution < -0.4 is 5.09 Å². The molecule has 1 rings (SSSR count). The second kappa shape index (κ2) is 7.03. The minimum atomic E-state index is -3.76. The molecule has 2 atom stereocenters. The molecular formula is C11H20NO6P. The normalized spacial score (nSPS) is 21.5. The van der Waals surface area contributed by atoms with Crippen LogP contribution in [0, 0.1) is 0 Å². The highest BCUT2D eigenvalue weighted by Crippen LogP contribution is 2.49. The number of carbonyl (C=O) groups is 2. The Bertz CT molecular complexity index is 379. The minimum Gasteiger partial charge on any atom is -0.481 e. The van der Waals surface area contributed by atoms with Crippen molar-refractivity contribution >= 4 is 19.5 Å². The topological polar surface area (TPSA) is 124 Å². The molecule has 0 spiro atoms. The summed E-state index contributed by atoms with van der Waals surface area (Å²) in [6.07, 6.45) is 3.40. The molecule has 0 aliphatic heterocycles. The van der Waals surface area contributed by atoms with Crippen molar-refractivity contribution in [2.45, 2.75) is 56.6 Å². The van der Waals surface area contributed by atoms with Crippen molar-refractivity contribution in [2.24, 2.45) is 0 Å². The van der Waals surface area contributed by atoms with Gasteiger partial charge in [-0.25, -0.2) is 5.09 Å². The first-order valence-corrected chi connectivity index (χ1v) is 8.10. The van der Waals surface area contributed by atoms with Crippen molar-refractivity contribution in [3.05, 3.63) is 0 Å². The predicted octanol–water partition coefficient (Wildman–Crippen LogP) is 1.41. The highest BCUT2D eigenvalue weighted by Gasteiger charge is 2.36. The second-order valence-electron chi connectivity index (χ2n) is 4.87. The summed E-state index contributed by atoms with van der Waals surface area (Å²) in [4.78, 5) is 31.4. The molecule has 8 heteroatoms. The van der Waals surface area contributed by atoms with E-state index < -0.39 is 31.2 Å². The molecule has 2 unspecified atom stereocenters. The molecule has 1 fully saturated rings. The average molecular weight is 293 g/mol. The summed E-state index contributed by atoms with van der Waals surface area (Å²) in [5, 5.41) is 19.8. The van der Waals surface area contributed by atoms with Gasteiger partial charge in [-0.05, 0) is 19.3 Å². The van der Waals surface area contributed by atoms with Crippen molar-refractivity contribution < 1.29 is 29.3 Å². The van der Waals surface area contributed by atoms with Gasteiger partial charge in [-0.1, -0.05) is 19.3 Å². The van der Waals surface area contributed by atoms with Crippen molar-refractivity contribution in [1.29, 1.82) is 0 Å². The van der Waals surface area contributed by atoms with Crippen LogP contribution in [-0.2, 0) is 14.2 Å². The van der Waals surface area contributed by atoms with E-state index in [0.29, 0.717) is 12.8 Å². The minimum absolute atomic E-state index is 0.206. The maximum Gasteiger partial charge on any atom is 0.321 e. The van der Waals surface area contributed by atoms with Crippen LogP contribution in [0.5, 0.6) is 0 Å². The Morgan fingerprint density at radius 2 is 1.79 bits per heavy atom. The van der Waals surface area contributed by atoms with E-state index in [-0.39, 0.29) is 12.8 Å². The zero-order chi connectivity index (χ0) is 14.5. The zero-order valence-corrected chi connectivity index (χ0v) is 11.5. The van der Waals surface area contributed by atoms with Gasteiger partial charge in [0.15, 0.2) is 0 Å². The number of carboxylic acid groups (broad SMARTS) is 2. The standard InChI is InChI=1S/C11H20NO6P/c13-10(14)7-6-9(11(15)16)12-19(17,18)8-4-2-1-3-5-8/h8-9H,1-7H2,(H,13,14)(H,15,16)(H2,12,17,18). The number of carboxylic acids is 2. The lowest BCUT2D eigenvalue weighted by molar-refractivity contribution is -0.140. The molecule has 0 amide bonds. The summed E-state index contributed by atoms with van der Waals surface area (Å²) in [7, 11) is -3.76. The van der Waals surface area contributed by atoms with Gasteiger partial charge in [0.1, 0.15) is 6.04 Å². The molecule has 0 saturated heterocycles. The Hall–Kier alpha value is -0.910. The second-order valence-corrected chi connectivity index (χ2v) is 7.10. The molecule has 0 bridgehead atoms. The summed E-state index contributed by atoms with van der Waals surface area (Å²) < 4.78 is 12.2. The quantitative estimate of drug-likeness (QED) is 0.523. The highest BCUT2D eigenvalue weighted by atomic mass is 31.2. The maximum atomic E-state index is 12.2. The number of aliphatic carboxylic acids is 2. The van der Waals surface area contributed by atoms with Crippen molar-refractivity contribution in [1.82, 2.24) is 5.09 Å². The fourth-order valence-electron chi connectivity index (χ4n) is 2.27. The number of hydrogen-bond donors (Lipinski definition) is 4. The first kappa shape index (κ1) is 16.1. The van der Waals surface area contributed by atoms with Crippen molar-refractivity contribution in [3.63, 3.8) is 0 Å². The van der Waals surface area contributed by atoms with Crippen LogP contribution >= 0.6 is 7.52 Å². The van der Waals surface area contributed by atoms with Gasteiger partial charge in [0, 0.05) is 12.1 Å². The molecule has 1 aliphatic rings. The van der Waals surface area contributed by atoms with Gasteiger partial charge in [-0.15, -0.1) is 0 Å². The van der Waals surface area contributed by atoms with Crippen LogP contribution in [0.4, 0.5) is 0 Å². The van der Waals surface area contributed by atoms with Crippen LogP contribution in [0.25, 0.3) is 0 Å². The molecule has 0 aromatic rings. The van der Waals surface area contributed by atoms with Crippen LogP contribution in [0.2, 0.25) is 0 Å². The van der Waals surface area contributed by atoms with Gasteiger partial charge in [-0.3, -0.25) is 14.2 Å². The van der Waals surface area contributed by atoms with Gasteiger partial charge >= 0.3 is 11.9 Å². The lowest BCUT2D eigenvalue weighted by Gasteiger charge is -2.28. The molecule has 0 heterocycles. The van der Waals surface area contributed by atoms with E-state index in [1.807, 2.05) is 0 Å². The van der Waals surface area contributed by atoms with E-state index in [1.165, 1.54) is 0 Å². The van der Waals surface area contributed by atoms with Gasteiger partial charge in [0.2, 0.25) is 0 Å². The van der Waals surface area contributed by atoms with Crippen LogP contribution in [0.1, 0.15) is 44.9 Å². The third-order valence-electron chi connectivity index (χ3n) is 3.36. The van der Waals surface area contributed by atoms with Gasteiger partial charge in [-0.2, -0.15) is 0 Å². The van der Waals surface area contributed by atoms with E-state index in [1.54, 1.807) is 0 Å². The first-order valence-electron chi connectivity index (χ1n) is 6.38. The summed E-state index contributed by atoms with van der Waals surface area (Å²) in [5.74, 6) is -2.43. The number of rotatable bonds is 7. The van der Waals surface area contributed by atoms with E-state index in [0.717, 1.165) is 19.3 Å². The van der Waals surface area contributed by atoms with E-state index in [4.69, 9.17) is 10.2 Å². The Morgan fingerprint density at radius 1 is 1.21 bits per heavy atom. The fraction of sp³-hybridized carbons (Fsp3) is 0.818. The molecule has 19 heavy (non-hydrogen) atoms. The van der Waals surface area contributed by atoms with Crippen molar-refractivity contribution in [2.75, 3.05) is 0 Å². The average Bonchev–Trinajstić information content (AvgIpc) is 2.35. The van der Waals surface area contributed by atoms with E-state index in [2.05, 4.69) is 5.09 Å². The third kappa shape index (κ3) is 5.30. The molecule has 0 aromatic carbocycles. The Labute approximate surface area is 111 Å². The number of nitrogens with one attached hydrogen (secondary N) is 1. The molecule has 1 saturated carbocycles. The molecule has 1 aliphatic carbocycles. The van der Waals surface area contributed by atoms with Gasteiger partial charge in [0.05, 0.1) is 0 Å². The van der Waals surface area contributed by atoms with Crippen molar-refractivity contribution in [3.8, 4) is 0 Å². The molecular weight excluding hydrogens is 273 g/mol.